The highest BCUT2D eigenvalue weighted by atomic mass is 19.1. The molecule has 2 heterocycles. The maximum Gasteiger partial charge on any atom is 0.320 e. The molecular formula is C17H20FN5O2. The number of amides is 2. The minimum absolute atomic E-state index is 0.119. The van der Waals surface area contributed by atoms with Gasteiger partial charge < -0.3 is 15.7 Å². The number of carbonyl (C=O) groups is 1. The lowest BCUT2D eigenvalue weighted by molar-refractivity contribution is 0.233. The first kappa shape index (κ1) is 17.1. The van der Waals surface area contributed by atoms with Crippen LogP contribution in [0.3, 0.4) is 0 Å². The molecule has 2 amide bonds. The standard InChI is InChI=1S/C17H20FN5O2/c1-9-6-10(18)4-5-11(9)13-12-7-19-16(25)22-14(12)21-15(20-13)23-17(2,3)8-24/h4-6,24H,7-8H2,1-3H3,(H3,19,20,21,22,23,25). The number of halogens is 1. The summed E-state index contributed by atoms with van der Waals surface area (Å²) in [6.45, 7) is 5.56. The van der Waals surface area contributed by atoms with Crippen LogP contribution in [0.1, 0.15) is 25.0 Å². The van der Waals surface area contributed by atoms with Crippen LogP contribution in [-0.2, 0) is 6.54 Å². The number of hydrogen-bond donors (Lipinski definition) is 4. The van der Waals surface area contributed by atoms with Gasteiger partial charge in [0.25, 0.3) is 0 Å². The molecule has 8 heteroatoms. The molecule has 25 heavy (non-hydrogen) atoms. The first-order valence-electron chi connectivity index (χ1n) is 7.90. The Morgan fingerprint density at radius 1 is 1.36 bits per heavy atom. The predicted molar refractivity (Wildman–Crippen MR) is 92.8 cm³/mol. The number of anilines is 2. The predicted octanol–water partition coefficient (Wildman–Crippen LogP) is 2.41. The van der Waals surface area contributed by atoms with E-state index in [4.69, 9.17) is 0 Å². The zero-order valence-corrected chi connectivity index (χ0v) is 14.3. The van der Waals surface area contributed by atoms with Crippen LogP contribution in [0.4, 0.5) is 21.0 Å². The first-order chi connectivity index (χ1) is 11.8. The van der Waals surface area contributed by atoms with Crippen molar-refractivity contribution >= 4 is 17.8 Å². The van der Waals surface area contributed by atoms with Crippen molar-refractivity contribution < 1.29 is 14.3 Å². The van der Waals surface area contributed by atoms with E-state index in [2.05, 4.69) is 25.9 Å². The maximum atomic E-state index is 13.5. The summed E-state index contributed by atoms with van der Waals surface area (Å²) in [5, 5.41) is 17.9. The molecular weight excluding hydrogens is 325 g/mol. The van der Waals surface area contributed by atoms with Crippen LogP contribution < -0.4 is 16.0 Å². The Bertz CT molecular complexity index is 838. The molecule has 132 valence electrons. The number of nitrogens with zero attached hydrogens (tertiary/aromatic N) is 2. The Morgan fingerprint density at radius 2 is 2.12 bits per heavy atom. The molecule has 0 atom stereocenters. The molecule has 0 radical (unpaired) electrons. The van der Waals surface area contributed by atoms with E-state index in [1.165, 1.54) is 12.1 Å². The van der Waals surface area contributed by atoms with E-state index in [-0.39, 0.29) is 30.9 Å². The summed E-state index contributed by atoms with van der Waals surface area (Å²) in [6, 6.07) is 4.12. The van der Waals surface area contributed by atoms with E-state index in [1.54, 1.807) is 26.8 Å². The summed E-state index contributed by atoms with van der Waals surface area (Å²) < 4.78 is 13.5. The lowest BCUT2D eigenvalue weighted by atomic mass is 10.0. The summed E-state index contributed by atoms with van der Waals surface area (Å²) in [5.74, 6) is 0.350. The molecule has 0 bridgehead atoms. The van der Waals surface area contributed by atoms with Gasteiger partial charge in [-0.1, -0.05) is 0 Å². The second kappa shape index (κ2) is 6.29. The van der Waals surface area contributed by atoms with Gasteiger partial charge in [-0.2, -0.15) is 4.98 Å². The molecule has 0 saturated heterocycles. The quantitative estimate of drug-likeness (QED) is 0.682. The summed E-state index contributed by atoms with van der Waals surface area (Å²) in [4.78, 5) is 20.6. The van der Waals surface area contributed by atoms with E-state index < -0.39 is 5.54 Å². The molecule has 0 saturated carbocycles. The van der Waals surface area contributed by atoms with Crippen LogP contribution in [0.15, 0.2) is 18.2 Å². The van der Waals surface area contributed by atoms with Gasteiger partial charge >= 0.3 is 6.03 Å². The number of aliphatic hydroxyl groups excluding tert-OH is 1. The van der Waals surface area contributed by atoms with E-state index in [1.807, 2.05) is 0 Å². The molecule has 1 aliphatic rings. The number of benzene rings is 1. The number of fused-ring (bicyclic) bond motifs is 1. The molecule has 0 fully saturated rings. The van der Waals surface area contributed by atoms with Gasteiger partial charge in [0.1, 0.15) is 11.6 Å². The molecule has 0 spiro atoms. The summed E-state index contributed by atoms with van der Waals surface area (Å²) in [5.41, 5.74) is 2.17. The number of aliphatic hydroxyl groups is 1. The van der Waals surface area contributed by atoms with Crippen molar-refractivity contribution in [2.75, 3.05) is 17.2 Å². The molecule has 1 aliphatic heterocycles. The highest BCUT2D eigenvalue weighted by molar-refractivity contribution is 5.93. The number of aromatic nitrogens is 2. The second-order valence-electron chi connectivity index (χ2n) is 6.66. The number of aryl methyl sites for hydroxylation is 1. The van der Waals surface area contributed by atoms with Crippen molar-refractivity contribution in [2.45, 2.75) is 32.9 Å². The zero-order valence-electron chi connectivity index (χ0n) is 14.3. The minimum atomic E-state index is -0.639. The summed E-state index contributed by atoms with van der Waals surface area (Å²) >= 11 is 0. The fourth-order valence-electron chi connectivity index (χ4n) is 2.59. The summed E-state index contributed by atoms with van der Waals surface area (Å²) in [7, 11) is 0. The number of nitrogens with one attached hydrogen (secondary N) is 3. The van der Waals surface area contributed by atoms with Crippen molar-refractivity contribution in [3.05, 3.63) is 35.1 Å². The smallest absolute Gasteiger partial charge is 0.320 e. The lowest BCUT2D eigenvalue weighted by Crippen LogP contribution is -2.37. The van der Waals surface area contributed by atoms with Crippen molar-refractivity contribution in [3.63, 3.8) is 0 Å². The topological polar surface area (TPSA) is 99.2 Å². The molecule has 1 aromatic carbocycles. The van der Waals surface area contributed by atoms with Gasteiger partial charge in [0.05, 0.1) is 24.4 Å². The van der Waals surface area contributed by atoms with E-state index in [0.717, 1.165) is 16.7 Å². The Hall–Kier alpha value is -2.74. The Balaban J connectivity index is 2.15. The lowest BCUT2D eigenvalue weighted by Gasteiger charge is -2.26. The third kappa shape index (κ3) is 3.53. The third-order valence-corrected chi connectivity index (χ3v) is 3.95. The Labute approximate surface area is 144 Å². The SMILES string of the molecule is Cc1cc(F)ccc1-c1nc(NC(C)(C)CO)nc2c1CNC(=O)N2. The molecule has 1 aromatic heterocycles. The van der Waals surface area contributed by atoms with E-state index in [0.29, 0.717) is 11.5 Å². The first-order valence-corrected chi connectivity index (χ1v) is 7.90. The van der Waals surface area contributed by atoms with Gasteiger partial charge in [0.15, 0.2) is 0 Å². The van der Waals surface area contributed by atoms with Gasteiger partial charge in [-0.3, -0.25) is 5.32 Å². The number of hydrogen-bond acceptors (Lipinski definition) is 5. The average Bonchev–Trinajstić information content (AvgIpc) is 2.53. The highest BCUT2D eigenvalue weighted by Crippen LogP contribution is 2.32. The molecule has 7 nitrogen and oxygen atoms in total. The fraction of sp³-hybridized carbons (Fsp3) is 0.353. The second-order valence-corrected chi connectivity index (χ2v) is 6.66. The van der Waals surface area contributed by atoms with E-state index >= 15 is 0 Å². The van der Waals surface area contributed by atoms with Crippen molar-refractivity contribution in [1.82, 2.24) is 15.3 Å². The minimum Gasteiger partial charge on any atom is -0.394 e. The molecule has 0 aliphatic carbocycles. The van der Waals surface area contributed by atoms with Gasteiger partial charge in [-0.15, -0.1) is 0 Å². The van der Waals surface area contributed by atoms with Gasteiger partial charge in [0.2, 0.25) is 5.95 Å². The molecule has 4 N–H and O–H groups in total. The van der Waals surface area contributed by atoms with Gasteiger partial charge in [-0.25, -0.2) is 14.2 Å². The maximum absolute atomic E-state index is 13.5. The van der Waals surface area contributed by atoms with Gasteiger partial charge in [-0.05, 0) is 44.5 Å². The Kier molecular flexibility index (Phi) is 4.30. The zero-order chi connectivity index (χ0) is 18.2. The molecule has 3 rings (SSSR count). The van der Waals surface area contributed by atoms with Crippen LogP contribution in [0.2, 0.25) is 0 Å². The largest absolute Gasteiger partial charge is 0.394 e. The van der Waals surface area contributed by atoms with Crippen molar-refractivity contribution in [2.24, 2.45) is 0 Å². The number of rotatable bonds is 4. The number of urea groups is 1. The normalized spacial score (nSPS) is 13.7. The fourth-order valence-corrected chi connectivity index (χ4v) is 2.59. The van der Waals surface area contributed by atoms with Crippen LogP contribution in [0.5, 0.6) is 0 Å². The highest BCUT2D eigenvalue weighted by Gasteiger charge is 2.25. The molecule has 0 unspecified atom stereocenters. The van der Waals surface area contributed by atoms with Crippen molar-refractivity contribution in [3.8, 4) is 11.3 Å². The Morgan fingerprint density at radius 3 is 2.80 bits per heavy atom. The van der Waals surface area contributed by atoms with Crippen molar-refractivity contribution in [1.29, 1.82) is 0 Å². The monoisotopic (exact) mass is 345 g/mol. The number of carbonyl (C=O) groups excluding carboxylic acids is 1. The van der Waals surface area contributed by atoms with Crippen LogP contribution in [0.25, 0.3) is 11.3 Å². The molecule has 2 aromatic rings. The summed E-state index contributed by atoms with van der Waals surface area (Å²) in [6.07, 6.45) is 0. The van der Waals surface area contributed by atoms with Crippen LogP contribution in [-0.4, -0.2) is 33.3 Å². The van der Waals surface area contributed by atoms with E-state index in [9.17, 15) is 14.3 Å². The van der Waals surface area contributed by atoms with Gasteiger partial charge in [0, 0.05) is 11.1 Å². The van der Waals surface area contributed by atoms with Crippen LogP contribution in [0, 0.1) is 12.7 Å². The van der Waals surface area contributed by atoms with Crippen LogP contribution >= 0.6 is 0 Å². The third-order valence-electron chi connectivity index (χ3n) is 3.95. The average molecular weight is 345 g/mol.